The van der Waals surface area contributed by atoms with E-state index in [1.165, 1.54) is 12.8 Å². The number of hydrazone groups is 1. The van der Waals surface area contributed by atoms with Gasteiger partial charge in [-0.1, -0.05) is 24.9 Å². The number of halogens is 1. The molecule has 0 aromatic heterocycles. The highest BCUT2D eigenvalue weighted by atomic mass is 35.5. The van der Waals surface area contributed by atoms with Crippen molar-refractivity contribution in [3.8, 4) is 0 Å². The second-order valence-electron chi connectivity index (χ2n) is 5.15. The fourth-order valence-corrected chi connectivity index (χ4v) is 2.39. The third-order valence-electron chi connectivity index (χ3n) is 3.51. The number of nitrogens with zero attached hydrogens (tertiary/aromatic N) is 1. The maximum atomic E-state index is 11.7. The molecule has 4 nitrogen and oxygen atoms in total. The predicted molar refractivity (Wildman–Crippen MR) is 83.2 cm³/mol. The van der Waals surface area contributed by atoms with Crippen LogP contribution in [0, 0.1) is 5.92 Å². The first-order chi connectivity index (χ1) is 9.65. The highest BCUT2D eigenvalue weighted by molar-refractivity contribution is 6.30. The summed E-state index contributed by atoms with van der Waals surface area (Å²) >= 11 is 5.80. The molecule has 1 amide bonds. The molecule has 1 aliphatic rings. The maximum Gasteiger partial charge on any atom is 0.259 e. The first kappa shape index (κ1) is 14.9. The summed E-state index contributed by atoms with van der Waals surface area (Å²) in [7, 11) is 0. The number of benzene rings is 1. The molecule has 0 bridgehead atoms. The van der Waals surface area contributed by atoms with E-state index < -0.39 is 0 Å². The number of hydrogen-bond acceptors (Lipinski definition) is 3. The van der Waals surface area contributed by atoms with E-state index in [0.717, 1.165) is 24.2 Å². The lowest BCUT2D eigenvalue weighted by Gasteiger charge is -2.19. The largest absolute Gasteiger partial charge is 0.376 e. The van der Waals surface area contributed by atoms with Crippen molar-refractivity contribution in [1.29, 1.82) is 0 Å². The summed E-state index contributed by atoms with van der Waals surface area (Å²) in [6.07, 6.45) is 4.58. The summed E-state index contributed by atoms with van der Waals surface area (Å²) in [4.78, 5) is 11.7. The van der Waals surface area contributed by atoms with Gasteiger partial charge in [0, 0.05) is 16.4 Å². The molecule has 2 N–H and O–H groups in total. The van der Waals surface area contributed by atoms with E-state index in [1.807, 2.05) is 12.1 Å². The lowest BCUT2D eigenvalue weighted by Crippen LogP contribution is -2.28. The average Bonchev–Trinajstić information content (AvgIpc) is 2.46. The molecule has 0 aliphatic heterocycles. The summed E-state index contributed by atoms with van der Waals surface area (Å²) < 4.78 is 0. The van der Waals surface area contributed by atoms with Crippen LogP contribution in [0.4, 0.5) is 5.69 Å². The van der Waals surface area contributed by atoms with Crippen molar-refractivity contribution in [1.82, 2.24) is 5.43 Å². The van der Waals surface area contributed by atoms with E-state index in [1.54, 1.807) is 12.1 Å². The van der Waals surface area contributed by atoms with Crippen molar-refractivity contribution >= 4 is 28.9 Å². The molecule has 0 spiro atoms. The van der Waals surface area contributed by atoms with Gasteiger partial charge in [0.1, 0.15) is 0 Å². The minimum Gasteiger partial charge on any atom is -0.376 e. The Morgan fingerprint density at radius 2 is 2.10 bits per heavy atom. The van der Waals surface area contributed by atoms with Gasteiger partial charge in [-0.3, -0.25) is 4.79 Å². The van der Waals surface area contributed by atoms with Crippen LogP contribution in [0.25, 0.3) is 0 Å². The third-order valence-corrected chi connectivity index (χ3v) is 3.76. The molecular formula is C15H20ClN3O. The molecule has 1 aliphatic carbocycles. The Morgan fingerprint density at radius 1 is 1.35 bits per heavy atom. The number of rotatable bonds is 4. The monoisotopic (exact) mass is 293 g/mol. The van der Waals surface area contributed by atoms with Crippen molar-refractivity contribution in [3.05, 3.63) is 29.3 Å². The van der Waals surface area contributed by atoms with Crippen LogP contribution >= 0.6 is 11.6 Å². The second kappa shape index (κ2) is 7.29. The number of nitrogens with one attached hydrogen (secondary N) is 2. The molecule has 1 aromatic carbocycles. The molecule has 0 radical (unpaired) electrons. The summed E-state index contributed by atoms with van der Waals surface area (Å²) in [6.45, 7) is 2.36. The maximum absolute atomic E-state index is 11.7. The smallest absolute Gasteiger partial charge is 0.259 e. The molecule has 1 fully saturated rings. The second-order valence-corrected chi connectivity index (χ2v) is 5.58. The van der Waals surface area contributed by atoms with Crippen molar-refractivity contribution in [2.75, 3.05) is 11.9 Å². The Labute approximate surface area is 124 Å². The van der Waals surface area contributed by atoms with Crippen molar-refractivity contribution in [2.45, 2.75) is 32.6 Å². The molecule has 1 aromatic rings. The van der Waals surface area contributed by atoms with Crippen LogP contribution in [-0.4, -0.2) is 18.2 Å². The van der Waals surface area contributed by atoms with Crippen LogP contribution in [0.2, 0.25) is 5.02 Å². The normalized spacial score (nSPS) is 20.7. The van der Waals surface area contributed by atoms with Crippen molar-refractivity contribution in [2.24, 2.45) is 11.0 Å². The number of amides is 1. The van der Waals surface area contributed by atoms with Gasteiger partial charge in [-0.25, -0.2) is 5.43 Å². The molecule has 108 valence electrons. The number of anilines is 1. The Bertz CT molecular complexity index is 484. The zero-order valence-corrected chi connectivity index (χ0v) is 12.4. The lowest BCUT2D eigenvalue weighted by atomic mass is 9.89. The van der Waals surface area contributed by atoms with Crippen LogP contribution < -0.4 is 10.7 Å². The Balaban J connectivity index is 1.77. The Kier molecular flexibility index (Phi) is 5.41. The van der Waals surface area contributed by atoms with Crippen LogP contribution in [0.5, 0.6) is 0 Å². The minimum atomic E-state index is -0.134. The van der Waals surface area contributed by atoms with E-state index in [-0.39, 0.29) is 12.5 Å². The van der Waals surface area contributed by atoms with E-state index in [9.17, 15) is 4.79 Å². The van der Waals surface area contributed by atoms with Gasteiger partial charge in [0.15, 0.2) is 0 Å². The third kappa shape index (κ3) is 4.53. The molecular weight excluding hydrogens is 274 g/mol. The molecule has 20 heavy (non-hydrogen) atoms. The zero-order chi connectivity index (χ0) is 14.4. The quantitative estimate of drug-likeness (QED) is 0.836. The van der Waals surface area contributed by atoms with Gasteiger partial charge in [0.05, 0.1) is 6.54 Å². The average molecular weight is 294 g/mol. The summed E-state index contributed by atoms with van der Waals surface area (Å²) in [6, 6.07) is 7.24. The molecule has 5 heteroatoms. The van der Waals surface area contributed by atoms with E-state index in [2.05, 4.69) is 22.8 Å². The number of hydrogen-bond donors (Lipinski definition) is 2. The van der Waals surface area contributed by atoms with Gasteiger partial charge >= 0.3 is 0 Å². The fraction of sp³-hybridized carbons (Fsp3) is 0.467. The zero-order valence-electron chi connectivity index (χ0n) is 11.7. The summed E-state index contributed by atoms with van der Waals surface area (Å²) in [5.74, 6) is 0.346. The highest BCUT2D eigenvalue weighted by Gasteiger charge is 2.15. The van der Waals surface area contributed by atoms with Gasteiger partial charge in [0.2, 0.25) is 0 Å². The van der Waals surface area contributed by atoms with Crippen LogP contribution in [-0.2, 0) is 4.79 Å². The van der Waals surface area contributed by atoms with Crippen LogP contribution in [0.1, 0.15) is 32.6 Å². The Morgan fingerprint density at radius 3 is 2.80 bits per heavy atom. The van der Waals surface area contributed by atoms with Gasteiger partial charge in [-0.2, -0.15) is 5.10 Å². The number of carbonyl (C=O) groups is 1. The SMILES string of the molecule is C[C@@H]1CCCC/C1=N\NC(=O)CNc1ccc(Cl)cc1. The topological polar surface area (TPSA) is 53.5 Å². The molecule has 0 unspecified atom stereocenters. The minimum absolute atomic E-state index is 0.134. The van der Waals surface area contributed by atoms with E-state index in [0.29, 0.717) is 10.9 Å². The molecule has 0 saturated heterocycles. The Hall–Kier alpha value is -1.55. The first-order valence-electron chi connectivity index (χ1n) is 7.00. The van der Waals surface area contributed by atoms with Crippen molar-refractivity contribution < 1.29 is 4.79 Å². The fourth-order valence-electron chi connectivity index (χ4n) is 2.26. The van der Waals surface area contributed by atoms with Gasteiger partial charge in [0.25, 0.3) is 5.91 Å². The van der Waals surface area contributed by atoms with Crippen LogP contribution in [0.3, 0.4) is 0 Å². The number of carbonyl (C=O) groups excluding carboxylic acids is 1. The predicted octanol–water partition coefficient (Wildman–Crippen LogP) is 3.43. The van der Waals surface area contributed by atoms with Gasteiger partial charge in [-0.05, 0) is 49.4 Å². The highest BCUT2D eigenvalue weighted by Crippen LogP contribution is 2.20. The molecule has 1 saturated carbocycles. The molecule has 2 rings (SSSR count). The standard InChI is InChI=1S/C15H20ClN3O/c1-11-4-2-3-5-14(11)18-19-15(20)10-17-13-8-6-12(16)7-9-13/h6-9,11,17H,2-5,10H2,1H3,(H,19,20)/b18-14+/t11-/m1/s1. The first-order valence-corrected chi connectivity index (χ1v) is 7.37. The molecule has 1 atom stereocenters. The van der Waals surface area contributed by atoms with Gasteiger partial charge < -0.3 is 5.32 Å². The van der Waals surface area contributed by atoms with E-state index in [4.69, 9.17) is 11.6 Å². The van der Waals surface area contributed by atoms with Crippen LogP contribution in [0.15, 0.2) is 29.4 Å². The van der Waals surface area contributed by atoms with Crippen molar-refractivity contribution in [3.63, 3.8) is 0 Å². The lowest BCUT2D eigenvalue weighted by molar-refractivity contribution is -0.119. The molecule has 0 heterocycles. The van der Waals surface area contributed by atoms with Gasteiger partial charge in [-0.15, -0.1) is 0 Å². The summed E-state index contributed by atoms with van der Waals surface area (Å²) in [5, 5.41) is 7.96. The van der Waals surface area contributed by atoms with E-state index >= 15 is 0 Å². The summed E-state index contributed by atoms with van der Waals surface area (Å²) in [5.41, 5.74) is 4.60.